The van der Waals surface area contributed by atoms with Gasteiger partial charge in [-0.1, -0.05) is 35.3 Å². The number of fused-ring (bicyclic) bond motifs is 1. The van der Waals surface area contributed by atoms with Crippen molar-refractivity contribution in [1.29, 1.82) is 0 Å². The number of aliphatic hydroxyl groups is 1. The zero-order valence-electron chi connectivity index (χ0n) is 21.3. The SMILES string of the molecule is Cc1nc2c(OCc3c(Cl)ccc(N(C)C(=O)CNC(=O)Nc4cccc(C(C)O)c4)c3Cl)cccn2c1Br. The number of aromatic nitrogens is 2. The predicted molar refractivity (Wildman–Crippen MR) is 156 cm³/mol. The number of halogens is 3. The van der Waals surface area contributed by atoms with Gasteiger partial charge in [-0.05, 0) is 71.7 Å². The number of pyridine rings is 1. The number of nitrogens with one attached hydrogen (secondary N) is 2. The van der Waals surface area contributed by atoms with Crippen LogP contribution in [-0.4, -0.2) is 40.0 Å². The maximum atomic E-state index is 12.9. The molecule has 0 aliphatic heterocycles. The molecule has 3 N–H and O–H groups in total. The van der Waals surface area contributed by atoms with E-state index in [2.05, 4.69) is 31.5 Å². The van der Waals surface area contributed by atoms with Crippen LogP contribution in [0, 0.1) is 6.92 Å². The van der Waals surface area contributed by atoms with Gasteiger partial charge in [0.05, 0.1) is 29.1 Å². The minimum atomic E-state index is -0.671. The number of likely N-dealkylation sites (N-methyl/N-ethyl adjacent to an activating group) is 1. The summed E-state index contributed by atoms with van der Waals surface area (Å²) in [7, 11) is 1.55. The lowest BCUT2D eigenvalue weighted by Crippen LogP contribution is -2.40. The van der Waals surface area contributed by atoms with Crippen molar-refractivity contribution in [3.63, 3.8) is 0 Å². The average Bonchev–Trinajstić information content (AvgIpc) is 3.20. The van der Waals surface area contributed by atoms with E-state index in [4.69, 9.17) is 27.9 Å². The highest BCUT2D eigenvalue weighted by atomic mass is 79.9. The number of carbonyl (C=O) groups is 2. The molecule has 2 aromatic heterocycles. The highest BCUT2D eigenvalue weighted by Gasteiger charge is 2.20. The summed E-state index contributed by atoms with van der Waals surface area (Å²) >= 11 is 16.6. The first kappa shape index (κ1) is 28.7. The molecule has 12 heteroatoms. The summed E-state index contributed by atoms with van der Waals surface area (Å²) in [4.78, 5) is 31.1. The zero-order valence-corrected chi connectivity index (χ0v) is 24.4. The first-order valence-electron chi connectivity index (χ1n) is 11.9. The lowest BCUT2D eigenvalue weighted by Gasteiger charge is -2.21. The number of urea groups is 1. The van der Waals surface area contributed by atoms with E-state index in [1.54, 1.807) is 56.4 Å². The standard InChI is InChI=1S/C27H26BrCl2N5O4/c1-15-25(28)35-11-5-8-22(26(35)32-15)39-14-19-20(29)9-10-21(24(19)30)34(3)23(37)13-31-27(38)33-18-7-4-6-17(12-18)16(2)36/h4-12,16,36H,13-14H2,1-3H3,(H2,31,33,38). The molecular formula is C27H26BrCl2N5O4. The molecule has 0 aliphatic carbocycles. The van der Waals surface area contributed by atoms with Gasteiger partial charge in [-0.2, -0.15) is 0 Å². The number of hydrogen-bond acceptors (Lipinski definition) is 5. The summed E-state index contributed by atoms with van der Waals surface area (Å²) in [6, 6.07) is 13.1. The van der Waals surface area contributed by atoms with Crippen LogP contribution in [0.1, 0.15) is 29.8 Å². The Morgan fingerprint density at radius 3 is 2.72 bits per heavy atom. The molecule has 4 rings (SSSR count). The molecule has 3 amide bonds. The molecule has 4 aromatic rings. The van der Waals surface area contributed by atoms with Crippen molar-refractivity contribution in [2.75, 3.05) is 23.8 Å². The average molecular weight is 635 g/mol. The van der Waals surface area contributed by atoms with Crippen molar-refractivity contribution >= 4 is 68.1 Å². The molecule has 2 heterocycles. The lowest BCUT2D eigenvalue weighted by atomic mass is 10.1. The third-order valence-corrected chi connectivity index (χ3v) is 7.75. The number of rotatable bonds is 8. The van der Waals surface area contributed by atoms with Crippen LogP contribution in [-0.2, 0) is 11.4 Å². The Morgan fingerprint density at radius 1 is 1.21 bits per heavy atom. The van der Waals surface area contributed by atoms with E-state index in [1.165, 1.54) is 4.90 Å². The minimum Gasteiger partial charge on any atom is -0.485 e. The molecule has 1 unspecified atom stereocenters. The Balaban J connectivity index is 1.42. The Bertz CT molecular complexity index is 1540. The van der Waals surface area contributed by atoms with Crippen LogP contribution >= 0.6 is 39.1 Å². The predicted octanol–water partition coefficient (Wildman–Crippen LogP) is 6.13. The molecule has 0 bridgehead atoms. The fourth-order valence-electron chi connectivity index (χ4n) is 3.83. The fourth-order valence-corrected chi connectivity index (χ4v) is 4.81. The summed E-state index contributed by atoms with van der Waals surface area (Å²) in [6.45, 7) is 3.29. The monoisotopic (exact) mass is 633 g/mol. The van der Waals surface area contributed by atoms with Crippen molar-refractivity contribution in [2.45, 2.75) is 26.6 Å². The normalized spacial score (nSPS) is 11.8. The molecule has 0 radical (unpaired) electrons. The van der Waals surface area contributed by atoms with Gasteiger partial charge in [0.15, 0.2) is 11.4 Å². The number of anilines is 2. The van der Waals surface area contributed by atoms with Gasteiger partial charge in [0.1, 0.15) is 11.2 Å². The Labute approximate surface area is 243 Å². The maximum absolute atomic E-state index is 12.9. The van der Waals surface area contributed by atoms with E-state index in [0.29, 0.717) is 38.9 Å². The first-order chi connectivity index (χ1) is 18.6. The number of ether oxygens (including phenoxy) is 1. The van der Waals surface area contributed by atoms with E-state index in [9.17, 15) is 14.7 Å². The number of hydrogen-bond donors (Lipinski definition) is 3. The summed E-state index contributed by atoms with van der Waals surface area (Å²) in [5.41, 5.74) is 3.52. The van der Waals surface area contributed by atoms with E-state index >= 15 is 0 Å². The zero-order chi connectivity index (χ0) is 28.3. The van der Waals surface area contributed by atoms with E-state index in [0.717, 1.165) is 10.3 Å². The third-order valence-electron chi connectivity index (χ3n) is 6.02. The van der Waals surface area contributed by atoms with E-state index < -0.39 is 18.0 Å². The molecule has 2 aromatic carbocycles. The second-order valence-electron chi connectivity index (χ2n) is 8.76. The smallest absolute Gasteiger partial charge is 0.319 e. The lowest BCUT2D eigenvalue weighted by molar-refractivity contribution is -0.117. The number of nitrogens with zero attached hydrogens (tertiary/aromatic N) is 3. The molecule has 1 atom stereocenters. The number of imidazole rings is 1. The molecule has 9 nitrogen and oxygen atoms in total. The number of carbonyl (C=O) groups excluding carboxylic acids is 2. The minimum absolute atomic E-state index is 0.0446. The highest BCUT2D eigenvalue weighted by molar-refractivity contribution is 9.10. The molecule has 0 saturated carbocycles. The van der Waals surface area contributed by atoms with Crippen LogP contribution in [0.2, 0.25) is 10.0 Å². The van der Waals surface area contributed by atoms with Gasteiger partial charge in [-0.3, -0.25) is 9.20 Å². The number of benzene rings is 2. The van der Waals surface area contributed by atoms with Gasteiger partial charge < -0.3 is 25.4 Å². The number of amides is 3. The molecule has 0 fully saturated rings. The maximum Gasteiger partial charge on any atom is 0.319 e. The van der Waals surface area contributed by atoms with Crippen LogP contribution in [0.15, 0.2) is 59.3 Å². The van der Waals surface area contributed by atoms with Gasteiger partial charge >= 0.3 is 6.03 Å². The molecule has 0 saturated heterocycles. The summed E-state index contributed by atoms with van der Waals surface area (Å²) in [5.74, 6) is 0.143. The summed E-state index contributed by atoms with van der Waals surface area (Å²) in [5, 5.41) is 15.5. The number of aliphatic hydroxyl groups excluding tert-OH is 1. The summed E-state index contributed by atoms with van der Waals surface area (Å²) < 4.78 is 8.73. The van der Waals surface area contributed by atoms with Crippen molar-refractivity contribution in [3.8, 4) is 5.75 Å². The van der Waals surface area contributed by atoms with Gasteiger partial charge in [0, 0.05) is 29.5 Å². The molecule has 0 spiro atoms. The van der Waals surface area contributed by atoms with E-state index in [1.807, 2.05) is 23.6 Å². The van der Waals surface area contributed by atoms with E-state index in [-0.39, 0.29) is 18.2 Å². The largest absolute Gasteiger partial charge is 0.485 e. The van der Waals surface area contributed by atoms with Gasteiger partial charge in [-0.15, -0.1) is 0 Å². The second kappa shape index (κ2) is 12.3. The Kier molecular flexibility index (Phi) is 9.01. The van der Waals surface area contributed by atoms with Gasteiger partial charge in [-0.25, -0.2) is 9.78 Å². The number of aryl methyl sites for hydroxylation is 1. The van der Waals surface area contributed by atoms with Gasteiger partial charge in [0.2, 0.25) is 5.91 Å². The van der Waals surface area contributed by atoms with Crippen LogP contribution in [0.3, 0.4) is 0 Å². The summed E-state index contributed by atoms with van der Waals surface area (Å²) in [6.07, 6.45) is 1.20. The molecule has 0 aliphatic rings. The van der Waals surface area contributed by atoms with Gasteiger partial charge in [0.25, 0.3) is 0 Å². The first-order valence-corrected chi connectivity index (χ1v) is 13.4. The molecule has 204 valence electrons. The van der Waals surface area contributed by atoms with Crippen LogP contribution < -0.4 is 20.3 Å². The molecular weight excluding hydrogens is 609 g/mol. The fraction of sp³-hybridized carbons (Fsp3) is 0.222. The van der Waals surface area contributed by atoms with Crippen molar-refractivity contribution in [3.05, 3.63) is 86.2 Å². The Hall–Kier alpha value is -3.31. The van der Waals surface area contributed by atoms with Crippen LogP contribution in [0.5, 0.6) is 5.75 Å². The Morgan fingerprint density at radius 2 is 1.97 bits per heavy atom. The van der Waals surface area contributed by atoms with Crippen LogP contribution in [0.4, 0.5) is 16.2 Å². The van der Waals surface area contributed by atoms with Crippen LogP contribution in [0.25, 0.3) is 5.65 Å². The van der Waals surface area contributed by atoms with Crippen molar-refractivity contribution in [2.24, 2.45) is 0 Å². The van der Waals surface area contributed by atoms with Crippen molar-refractivity contribution < 1.29 is 19.4 Å². The van der Waals surface area contributed by atoms with Crippen molar-refractivity contribution in [1.82, 2.24) is 14.7 Å². The highest BCUT2D eigenvalue weighted by Crippen LogP contribution is 2.35. The topological polar surface area (TPSA) is 108 Å². The molecule has 39 heavy (non-hydrogen) atoms. The quantitative estimate of drug-likeness (QED) is 0.216. The third kappa shape index (κ3) is 6.47. The second-order valence-corrected chi connectivity index (χ2v) is 10.3.